The number of rotatable bonds is 0. The van der Waals surface area contributed by atoms with Crippen LogP contribution in [0.4, 0.5) is 0 Å². The summed E-state index contributed by atoms with van der Waals surface area (Å²) in [7, 11) is 0. The summed E-state index contributed by atoms with van der Waals surface area (Å²) in [5, 5.41) is 6.23. The van der Waals surface area contributed by atoms with Crippen LogP contribution in [0.1, 0.15) is 50.5 Å². The van der Waals surface area contributed by atoms with Crippen LogP contribution in [-0.2, 0) is 12.0 Å². The van der Waals surface area contributed by atoms with Gasteiger partial charge in [-0.3, -0.25) is 0 Å². The zero-order chi connectivity index (χ0) is 12.0. The molecule has 1 aromatic rings. The van der Waals surface area contributed by atoms with Gasteiger partial charge in [0, 0.05) is 10.9 Å². The fourth-order valence-electron chi connectivity index (χ4n) is 4.26. The van der Waals surface area contributed by atoms with Crippen LogP contribution in [0.15, 0.2) is 11.4 Å². The summed E-state index contributed by atoms with van der Waals surface area (Å²) >= 11 is 1.97. The van der Waals surface area contributed by atoms with Gasteiger partial charge in [0.15, 0.2) is 0 Å². The molecule has 1 unspecified atom stereocenters. The maximum absolute atomic E-state index is 3.95. The highest BCUT2D eigenvalue weighted by molar-refractivity contribution is 7.10. The lowest BCUT2D eigenvalue weighted by atomic mass is 9.68. The average Bonchev–Trinajstić information content (AvgIpc) is 2.63. The molecule has 17 heavy (non-hydrogen) atoms. The Bertz CT molecular complexity index is 399. The quantitative estimate of drug-likeness (QED) is 0.734. The summed E-state index contributed by atoms with van der Waals surface area (Å²) in [6.45, 7) is 7.18. The minimum atomic E-state index is 0.304. The zero-order valence-electron chi connectivity index (χ0n) is 11.1. The largest absolute Gasteiger partial charge is 0.304 e. The maximum atomic E-state index is 3.95. The fourth-order valence-corrected chi connectivity index (χ4v) is 5.39. The van der Waals surface area contributed by atoms with Gasteiger partial charge < -0.3 is 5.32 Å². The number of hydrogen-bond donors (Lipinski definition) is 1. The van der Waals surface area contributed by atoms with Crippen molar-refractivity contribution in [3.63, 3.8) is 0 Å². The number of fused-ring (bicyclic) bond motifs is 2. The van der Waals surface area contributed by atoms with Gasteiger partial charge in [-0.25, -0.2) is 0 Å². The monoisotopic (exact) mass is 249 g/mol. The van der Waals surface area contributed by atoms with Crippen molar-refractivity contribution in [3.8, 4) is 0 Å². The number of thiophene rings is 1. The Morgan fingerprint density at radius 3 is 2.65 bits per heavy atom. The summed E-state index contributed by atoms with van der Waals surface area (Å²) < 4.78 is 0. The van der Waals surface area contributed by atoms with Crippen molar-refractivity contribution in [3.05, 3.63) is 21.9 Å². The van der Waals surface area contributed by atoms with E-state index in [-0.39, 0.29) is 0 Å². The predicted molar refractivity (Wildman–Crippen MR) is 74.5 cm³/mol. The van der Waals surface area contributed by atoms with E-state index in [9.17, 15) is 0 Å². The average molecular weight is 249 g/mol. The number of hydrogen-bond acceptors (Lipinski definition) is 2. The minimum absolute atomic E-state index is 0.304. The zero-order valence-corrected chi connectivity index (χ0v) is 11.9. The first-order valence-corrected chi connectivity index (χ1v) is 7.81. The van der Waals surface area contributed by atoms with Crippen LogP contribution in [0.3, 0.4) is 0 Å². The molecule has 2 heteroatoms. The van der Waals surface area contributed by atoms with E-state index in [1.54, 1.807) is 10.4 Å². The smallest absolute Gasteiger partial charge is 0.0538 e. The van der Waals surface area contributed by atoms with Crippen LogP contribution in [-0.4, -0.2) is 6.04 Å². The lowest BCUT2D eigenvalue weighted by Gasteiger charge is -2.48. The maximum Gasteiger partial charge on any atom is 0.0538 e. The Balaban J connectivity index is 2.02. The molecule has 0 aromatic carbocycles. The third kappa shape index (κ3) is 1.96. The lowest BCUT2D eigenvalue weighted by Crippen LogP contribution is -2.54. The summed E-state index contributed by atoms with van der Waals surface area (Å²) in [5.74, 6) is 1.71. The Hall–Kier alpha value is -0.340. The van der Waals surface area contributed by atoms with Crippen molar-refractivity contribution in [2.45, 2.75) is 58.0 Å². The van der Waals surface area contributed by atoms with Crippen LogP contribution in [0.2, 0.25) is 0 Å². The Morgan fingerprint density at radius 1 is 1.24 bits per heavy atom. The fraction of sp³-hybridized carbons (Fsp3) is 0.733. The molecule has 0 radical (unpaired) electrons. The molecular formula is C15H23NS. The lowest BCUT2D eigenvalue weighted by molar-refractivity contribution is 0.125. The molecule has 1 aromatic heterocycles. The molecule has 0 bridgehead atoms. The molecule has 94 valence electrons. The van der Waals surface area contributed by atoms with Gasteiger partial charge in [0.25, 0.3) is 0 Å². The Kier molecular flexibility index (Phi) is 2.83. The predicted octanol–water partition coefficient (Wildman–Crippen LogP) is 3.93. The van der Waals surface area contributed by atoms with E-state index < -0.39 is 0 Å². The van der Waals surface area contributed by atoms with E-state index in [1.165, 1.54) is 25.7 Å². The van der Waals surface area contributed by atoms with Gasteiger partial charge in [-0.1, -0.05) is 13.8 Å². The highest BCUT2D eigenvalue weighted by Crippen LogP contribution is 2.47. The molecule has 1 aliphatic carbocycles. The molecule has 3 rings (SSSR count). The van der Waals surface area contributed by atoms with Crippen molar-refractivity contribution in [2.24, 2.45) is 11.8 Å². The molecule has 1 nitrogen and oxygen atoms in total. The molecule has 2 heterocycles. The highest BCUT2D eigenvalue weighted by atomic mass is 32.1. The second-order valence-corrected chi connectivity index (χ2v) is 7.38. The Labute approximate surface area is 109 Å². The van der Waals surface area contributed by atoms with E-state index in [0.29, 0.717) is 11.6 Å². The van der Waals surface area contributed by atoms with Gasteiger partial charge in [0.1, 0.15) is 0 Å². The van der Waals surface area contributed by atoms with E-state index in [4.69, 9.17) is 0 Å². The third-order valence-corrected chi connectivity index (χ3v) is 5.59. The SMILES string of the molecule is C[C@@H]1C[C@H](C)CC2(C1)N[C@@H](C)Cc1ccsc12. The summed E-state index contributed by atoms with van der Waals surface area (Å²) in [6.07, 6.45) is 5.27. The molecule has 2 aliphatic rings. The van der Waals surface area contributed by atoms with E-state index in [0.717, 1.165) is 11.8 Å². The van der Waals surface area contributed by atoms with Crippen LogP contribution in [0, 0.1) is 11.8 Å². The van der Waals surface area contributed by atoms with Crippen LogP contribution < -0.4 is 5.32 Å². The van der Waals surface area contributed by atoms with Crippen molar-refractivity contribution in [1.29, 1.82) is 0 Å². The van der Waals surface area contributed by atoms with E-state index >= 15 is 0 Å². The standard InChI is InChI=1S/C15H23NS/c1-10-6-11(2)9-15(8-10)14-13(4-5-17-14)7-12(3)16-15/h4-5,10-12,16H,6-9H2,1-3H3/t10-,11+,12-,15?/m0/s1. The first-order chi connectivity index (χ1) is 8.09. The third-order valence-electron chi connectivity index (χ3n) is 4.43. The molecule has 0 saturated heterocycles. The summed E-state index contributed by atoms with van der Waals surface area (Å²) in [4.78, 5) is 1.65. The van der Waals surface area contributed by atoms with Gasteiger partial charge >= 0.3 is 0 Å². The van der Waals surface area contributed by atoms with Crippen LogP contribution in [0.25, 0.3) is 0 Å². The first-order valence-electron chi connectivity index (χ1n) is 6.93. The highest BCUT2D eigenvalue weighted by Gasteiger charge is 2.44. The molecule has 1 saturated carbocycles. The van der Waals surface area contributed by atoms with E-state index in [2.05, 4.69) is 37.5 Å². The molecule has 4 atom stereocenters. The van der Waals surface area contributed by atoms with Crippen LogP contribution in [0.5, 0.6) is 0 Å². The molecule has 0 amide bonds. The molecular weight excluding hydrogens is 226 g/mol. The van der Waals surface area contributed by atoms with E-state index in [1.807, 2.05) is 11.3 Å². The van der Waals surface area contributed by atoms with Gasteiger partial charge in [0.2, 0.25) is 0 Å². The van der Waals surface area contributed by atoms with Gasteiger partial charge in [0.05, 0.1) is 5.54 Å². The van der Waals surface area contributed by atoms with Crippen molar-refractivity contribution in [1.82, 2.24) is 5.32 Å². The van der Waals surface area contributed by atoms with Crippen molar-refractivity contribution in [2.75, 3.05) is 0 Å². The summed E-state index contributed by atoms with van der Waals surface area (Å²) in [6, 6.07) is 2.98. The van der Waals surface area contributed by atoms with Gasteiger partial charge in [-0.15, -0.1) is 11.3 Å². The topological polar surface area (TPSA) is 12.0 Å². The van der Waals surface area contributed by atoms with Crippen LogP contribution >= 0.6 is 11.3 Å². The second kappa shape index (κ2) is 4.10. The van der Waals surface area contributed by atoms with Gasteiger partial charge in [-0.2, -0.15) is 0 Å². The summed E-state index contributed by atoms with van der Waals surface area (Å²) in [5.41, 5.74) is 1.92. The minimum Gasteiger partial charge on any atom is -0.304 e. The van der Waals surface area contributed by atoms with Gasteiger partial charge in [-0.05, 0) is 61.5 Å². The van der Waals surface area contributed by atoms with Crippen molar-refractivity contribution < 1.29 is 0 Å². The Morgan fingerprint density at radius 2 is 1.94 bits per heavy atom. The molecule has 1 spiro atoms. The first kappa shape index (κ1) is 11.7. The molecule has 1 aliphatic heterocycles. The van der Waals surface area contributed by atoms with Crippen molar-refractivity contribution >= 4 is 11.3 Å². The molecule has 1 fully saturated rings. The molecule has 1 N–H and O–H groups in total. The second-order valence-electron chi connectivity index (χ2n) is 6.46. The normalized spacial score (nSPS) is 41.5. The number of nitrogens with one attached hydrogen (secondary N) is 1.